The monoisotopic (exact) mass is 448 g/mol. The van der Waals surface area contributed by atoms with Crippen LogP contribution in [0.25, 0.3) is 0 Å². The maximum atomic E-state index is 10.2. The van der Waals surface area contributed by atoms with Crippen molar-refractivity contribution < 1.29 is 59.8 Å². The second kappa shape index (κ2) is 9.92. The summed E-state index contributed by atoms with van der Waals surface area (Å²) in [7, 11) is 0. The van der Waals surface area contributed by atoms with Crippen molar-refractivity contribution in [3.05, 3.63) is 23.8 Å². The van der Waals surface area contributed by atoms with Gasteiger partial charge in [-0.05, 0) is 24.1 Å². The van der Waals surface area contributed by atoms with E-state index in [1.165, 1.54) is 12.1 Å². The van der Waals surface area contributed by atoms with Gasteiger partial charge in [-0.15, -0.1) is 0 Å². The number of aliphatic hydroxyl groups excluding tert-OH is 5. The zero-order valence-corrected chi connectivity index (χ0v) is 16.5. The lowest BCUT2D eigenvalue weighted by atomic mass is 9.99. The molecule has 12 heteroatoms. The third-order valence-electron chi connectivity index (χ3n) is 5.39. The summed E-state index contributed by atoms with van der Waals surface area (Å²) < 4.78 is 21.4. The Morgan fingerprint density at radius 3 is 2.35 bits per heavy atom. The van der Waals surface area contributed by atoms with E-state index in [1.807, 2.05) is 0 Å². The van der Waals surface area contributed by atoms with E-state index in [0.717, 1.165) is 0 Å². The highest BCUT2D eigenvalue weighted by molar-refractivity contribution is 5.40. The molecule has 0 unspecified atom stereocenters. The number of ether oxygens (including phenoxy) is 4. The Hall–Kier alpha value is -1.58. The third-order valence-corrected chi connectivity index (χ3v) is 5.39. The van der Waals surface area contributed by atoms with Crippen LogP contribution in [-0.4, -0.2) is 116 Å². The molecule has 12 nitrogen and oxygen atoms in total. The molecule has 0 aromatic heterocycles. The van der Waals surface area contributed by atoms with Crippen LogP contribution in [0.1, 0.15) is 5.56 Å². The molecular weight excluding hydrogens is 420 g/mol. The molecule has 176 valence electrons. The van der Waals surface area contributed by atoms with Crippen molar-refractivity contribution in [2.45, 2.75) is 55.1 Å². The molecular formula is C19H28O12. The van der Waals surface area contributed by atoms with Gasteiger partial charge in [-0.25, -0.2) is 0 Å². The number of hydrogen-bond donors (Lipinski definition) is 8. The molecule has 1 aromatic carbocycles. The molecule has 2 heterocycles. The number of rotatable bonds is 8. The van der Waals surface area contributed by atoms with E-state index in [-0.39, 0.29) is 31.3 Å². The molecule has 0 saturated carbocycles. The van der Waals surface area contributed by atoms with Gasteiger partial charge in [0.2, 0.25) is 0 Å². The van der Waals surface area contributed by atoms with Crippen LogP contribution in [0.5, 0.6) is 11.5 Å². The number of phenolic OH excluding ortho intramolecular Hbond substituents is 2. The minimum atomic E-state index is -1.87. The zero-order chi connectivity index (χ0) is 22.8. The number of phenols is 2. The lowest BCUT2D eigenvalue weighted by Crippen LogP contribution is -2.59. The number of hydrogen-bond acceptors (Lipinski definition) is 12. The van der Waals surface area contributed by atoms with E-state index in [1.54, 1.807) is 6.07 Å². The molecule has 0 bridgehead atoms. The first-order valence-corrected chi connectivity index (χ1v) is 9.73. The minimum Gasteiger partial charge on any atom is -0.504 e. The maximum absolute atomic E-state index is 10.2. The van der Waals surface area contributed by atoms with E-state index in [4.69, 9.17) is 24.1 Å². The highest BCUT2D eigenvalue weighted by Gasteiger charge is 2.50. The second-order valence-electron chi connectivity index (χ2n) is 7.68. The van der Waals surface area contributed by atoms with Crippen LogP contribution in [0, 0.1) is 0 Å². The number of aliphatic hydroxyl groups is 6. The summed E-state index contributed by atoms with van der Waals surface area (Å²) in [5, 5.41) is 78.4. The quantitative estimate of drug-likeness (QED) is 0.187. The van der Waals surface area contributed by atoms with Crippen LogP contribution in [0.15, 0.2) is 18.2 Å². The first-order chi connectivity index (χ1) is 14.7. The Labute approximate surface area is 177 Å². The fourth-order valence-corrected chi connectivity index (χ4v) is 3.33. The topological polar surface area (TPSA) is 199 Å². The highest BCUT2D eigenvalue weighted by atomic mass is 16.7. The Kier molecular flexibility index (Phi) is 7.70. The Bertz CT molecular complexity index is 732. The smallest absolute Gasteiger partial charge is 0.186 e. The molecule has 2 aliphatic rings. The highest BCUT2D eigenvalue weighted by Crippen LogP contribution is 2.28. The lowest BCUT2D eigenvalue weighted by Gasteiger charge is -2.40. The van der Waals surface area contributed by atoms with Crippen molar-refractivity contribution in [2.75, 3.05) is 26.4 Å². The van der Waals surface area contributed by atoms with Crippen molar-refractivity contribution in [3.8, 4) is 11.5 Å². The standard InChI is InChI=1S/C19H28O12/c20-7-19(27)8-30-18(16(19)26)29-6-12-13(23)14(24)15(25)17(31-12)28-4-3-9-1-2-10(21)11(22)5-9/h1-2,5,12-18,20-27H,3-4,6-8H2/t12-,13+,14-,15-,16+,17+,18-,19-/m1/s1. The molecule has 31 heavy (non-hydrogen) atoms. The summed E-state index contributed by atoms with van der Waals surface area (Å²) in [5.74, 6) is -0.545. The van der Waals surface area contributed by atoms with Gasteiger partial charge in [0.1, 0.15) is 36.1 Å². The summed E-state index contributed by atoms with van der Waals surface area (Å²) in [6.45, 7) is -1.45. The summed E-state index contributed by atoms with van der Waals surface area (Å²) in [4.78, 5) is 0. The number of aromatic hydroxyl groups is 2. The Balaban J connectivity index is 1.53. The van der Waals surface area contributed by atoms with Gasteiger partial charge < -0.3 is 59.8 Å². The maximum Gasteiger partial charge on any atom is 0.186 e. The molecule has 1 aromatic rings. The van der Waals surface area contributed by atoms with Crippen LogP contribution in [-0.2, 0) is 25.4 Å². The first-order valence-electron chi connectivity index (χ1n) is 9.73. The van der Waals surface area contributed by atoms with Gasteiger partial charge in [0.05, 0.1) is 26.4 Å². The SMILES string of the molecule is OC[C@@]1(O)CO[C@@H](OC[C@H]2O[C@H](OCCc3ccc(O)c(O)c3)[C@H](O)[C@H](O)[C@H]2O)[C@@H]1O. The molecule has 0 spiro atoms. The van der Waals surface area contributed by atoms with Crippen molar-refractivity contribution in [1.29, 1.82) is 0 Å². The fraction of sp³-hybridized carbons (Fsp3) is 0.684. The third kappa shape index (κ3) is 5.26. The van der Waals surface area contributed by atoms with E-state index in [9.17, 15) is 35.7 Å². The molecule has 8 atom stereocenters. The summed E-state index contributed by atoms with van der Waals surface area (Å²) in [6.07, 6.45) is -9.68. The van der Waals surface area contributed by atoms with Gasteiger partial charge in [0.25, 0.3) is 0 Å². The predicted molar refractivity (Wildman–Crippen MR) is 99.8 cm³/mol. The molecule has 8 N–H and O–H groups in total. The predicted octanol–water partition coefficient (Wildman–Crippen LogP) is -3.08. The lowest BCUT2D eigenvalue weighted by molar-refractivity contribution is -0.309. The van der Waals surface area contributed by atoms with Crippen molar-refractivity contribution >= 4 is 0 Å². The van der Waals surface area contributed by atoms with Crippen molar-refractivity contribution in [1.82, 2.24) is 0 Å². The normalized spacial score (nSPS) is 38.5. The van der Waals surface area contributed by atoms with Crippen LogP contribution in [0.3, 0.4) is 0 Å². The molecule has 3 rings (SSSR count). The van der Waals surface area contributed by atoms with Crippen molar-refractivity contribution in [2.24, 2.45) is 0 Å². The van der Waals surface area contributed by atoms with Crippen LogP contribution in [0.2, 0.25) is 0 Å². The summed E-state index contributed by atoms with van der Waals surface area (Å²) in [5.41, 5.74) is -1.23. The van der Waals surface area contributed by atoms with Crippen LogP contribution in [0.4, 0.5) is 0 Å². The molecule has 0 radical (unpaired) electrons. The van der Waals surface area contributed by atoms with E-state index in [2.05, 4.69) is 0 Å². The van der Waals surface area contributed by atoms with Gasteiger partial charge >= 0.3 is 0 Å². The van der Waals surface area contributed by atoms with E-state index >= 15 is 0 Å². The minimum absolute atomic E-state index is 0.0241. The molecule has 0 aliphatic carbocycles. The van der Waals surface area contributed by atoms with Crippen molar-refractivity contribution in [3.63, 3.8) is 0 Å². The van der Waals surface area contributed by atoms with Gasteiger partial charge in [0, 0.05) is 0 Å². The molecule has 0 amide bonds. The van der Waals surface area contributed by atoms with Crippen LogP contribution < -0.4 is 0 Å². The van der Waals surface area contributed by atoms with E-state index < -0.39 is 55.3 Å². The number of benzene rings is 1. The molecule has 2 aliphatic heterocycles. The van der Waals surface area contributed by atoms with Gasteiger partial charge in [-0.2, -0.15) is 0 Å². The average molecular weight is 448 g/mol. The Morgan fingerprint density at radius 2 is 1.71 bits per heavy atom. The van der Waals surface area contributed by atoms with Gasteiger partial charge in [-0.1, -0.05) is 6.07 Å². The van der Waals surface area contributed by atoms with E-state index in [0.29, 0.717) is 12.0 Å². The van der Waals surface area contributed by atoms with Crippen LogP contribution >= 0.6 is 0 Å². The second-order valence-corrected chi connectivity index (χ2v) is 7.68. The van der Waals surface area contributed by atoms with Gasteiger partial charge in [-0.3, -0.25) is 0 Å². The zero-order valence-electron chi connectivity index (χ0n) is 16.5. The Morgan fingerprint density at radius 1 is 0.968 bits per heavy atom. The summed E-state index contributed by atoms with van der Waals surface area (Å²) in [6, 6.07) is 4.25. The average Bonchev–Trinajstić information content (AvgIpc) is 3.04. The van der Waals surface area contributed by atoms with Gasteiger partial charge in [0.15, 0.2) is 24.1 Å². The summed E-state index contributed by atoms with van der Waals surface area (Å²) >= 11 is 0. The molecule has 2 saturated heterocycles. The fourth-order valence-electron chi connectivity index (χ4n) is 3.33. The molecule has 2 fully saturated rings. The largest absolute Gasteiger partial charge is 0.504 e. The first kappa shape index (κ1) is 24.1.